The van der Waals surface area contributed by atoms with Gasteiger partial charge in [-0.3, -0.25) is 4.57 Å². The van der Waals surface area contributed by atoms with Crippen molar-refractivity contribution in [3.63, 3.8) is 0 Å². The second-order valence-electron chi connectivity index (χ2n) is 7.05. The average Bonchev–Trinajstić information content (AvgIpc) is 2.52. The Hall–Kier alpha value is -0.380. The standard InChI is InChI=1S/C18H29ClNO3P/c1-14(16-8-5-9-17(19)10-16)20-11-18(21)13-24(22,23)12-15-6-3-2-4-7-15/h5,8-10,14-15,18,20-21H,2-4,6-7,11-13H2,1H3,(H,22,23). The van der Waals surface area contributed by atoms with Crippen LogP contribution in [0.25, 0.3) is 0 Å². The average molecular weight is 374 g/mol. The number of hydrogen-bond donors (Lipinski definition) is 3. The first-order valence-electron chi connectivity index (χ1n) is 8.83. The second-order valence-corrected chi connectivity index (χ2v) is 9.91. The molecule has 1 fully saturated rings. The molecular weight excluding hydrogens is 345 g/mol. The Labute approximate surface area is 150 Å². The number of hydrogen-bond acceptors (Lipinski definition) is 3. The van der Waals surface area contributed by atoms with E-state index in [2.05, 4.69) is 5.32 Å². The van der Waals surface area contributed by atoms with Gasteiger partial charge in [0.05, 0.1) is 12.3 Å². The van der Waals surface area contributed by atoms with Gasteiger partial charge < -0.3 is 15.3 Å². The molecule has 6 heteroatoms. The number of aliphatic hydroxyl groups is 1. The third kappa shape index (κ3) is 6.85. The highest BCUT2D eigenvalue weighted by atomic mass is 35.5. The van der Waals surface area contributed by atoms with E-state index >= 15 is 0 Å². The summed E-state index contributed by atoms with van der Waals surface area (Å²) in [6.45, 7) is 2.28. The Kier molecular flexibility index (Phi) is 7.77. The first kappa shape index (κ1) is 19.9. The van der Waals surface area contributed by atoms with Crippen molar-refractivity contribution in [2.24, 2.45) is 5.92 Å². The largest absolute Gasteiger partial charge is 0.391 e. The van der Waals surface area contributed by atoms with Gasteiger partial charge in [-0.15, -0.1) is 0 Å². The highest BCUT2D eigenvalue weighted by molar-refractivity contribution is 7.58. The second kappa shape index (κ2) is 9.35. The molecule has 0 heterocycles. The lowest BCUT2D eigenvalue weighted by Gasteiger charge is -2.25. The predicted molar refractivity (Wildman–Crippen MR) is 100 cm³/mol. The van der Waals surface area contributed by atoms with Gasteiger partial charge in [0.25, 0.3) is 0 Å². The molecule has 0 amide bonds. The van der Waals surface area contributed by atoms with Crippen LogP contribution in [0, 0.1) is 5.92 Å². The molecule has 0 radical (unpaired) electrons. The SMILES string of the molecule is CC(NCC(O)CP(=O)(O)CC1CCCCC1)c1cccc(Cl)c1. The number of benzene rings is 1. The van der Waals surface area contributed by atoms with E-state index in [0.717, 1.165) is 31.2 Å². The zero-order chi connectivity index (χ0) is 17.6. The third-order valence-electron chi connectivity index (χ3n) is 4.77. The maximum atomic E-state index is 12.4. The molecule has 1 saturated carbocycles. The van der Waals surface area contributed by atoms with Crippen LogP contribution in [0.1, 0.15) is 50.6 Å². The monoisotopic (exact) mass is 373 g/mol. The minimum Gasteiger partial charge on any atom is -0.391 e. The Bertz CT molecular complexity index is 563. The molecule has 3 atom stereocenters. The Balaban J connectivity index is 1.77. The van der Waals surface area contributed by atoms with Gasteiger partial charge in [-0.05, 0) is 43.4 Å². The molecule has 1 aliphatic rings. The first-order chi connectivity index (χ1) is 11.4. The van der Waals surface area contributed by atoms with Crippen LogP contribution in [0.15, 0.2) is 24.3 Å². The van der Waals surface area contributed by atoms with Crippen LogP contribution in [-0.4, -0.2) is 35.0 Å². The number of aliphatic hydroxyl groups excluding tert-OH is 1. The molecule has 3 N–H and O–H groups in total. The van der Waals surface area contributed by atoms with E-state index in [1.54, 1.807) is 0 Å². The van der Waals surface area contributed by atoms with Crippen molar-refractivity contribution in [3.05, 3.63) is 34.9 Å². The molecule has 0 aromatic heterocycles. The maximum absolute atomic E-state index is 12.4. The highest BCUT2D eigenvalue weighted by Crippen LogP contribution is 2.45. The van der Waals surface area contributed by atoms with Gasteiger partial charge in [0.2, 0.25) is 7.37 Å². The van der Waals surface area contributed by atoms with Crippen molar-refractivity contribution < 1.29 is 14.6 Å². The summed E-state index contributed by atoms with van der Waals surface area (Å²) < 4.78 is 12.4. The lowest BCUT2D eigenvalue weighted by molar-refractivity contribution is 0.186. The smallest absolute Gasteiger partial charge is 0.203 e. The van der Waals surface area contributed by atoms with E-state index < -0.39 is 13.5 Å². The molecule has 24 heavy (non-hydrogen) atoms. The molecule has 0 saturated heterocycles. The molecule has 0 bridgehead atoms. The van der Waals surface area contributed by atoms with Crippen molar-refractivity contribution in [1.29, 1.82) is 0 Å². The summed E-state index contributed by atoms with van der Waals surface area (Å²) in [6.07, 6.45) is 5.16. The summed E-state index contributed by atoms with van der Waals surface area (Å²) >= 11 is 5.98. The first-order valence-corrected chi connectivity index (χ1v) is 11.2. The Morgan fingerprint density at radius 1 is 1.33 bits per heavy atom. The molecule has 1 aromatic carbocycles. The number of rotatable bonds is 8. The summed E-state index contributed by atoms with van der Waals surface area (Å²) in [5, 5.41) is 14.0. The van der Waals surface area contributed by atoms with Crippen molar-refractivity contribution in [2.45, 2.75) is 51.2 Å². The van der Waals surface area contributed by atoms with Gasteiger partial charge in [0, 0.05) is 23.8 Å². The van der Waals surface area contributed by atoms with Gasteiger partial charge in [0.15, 0.2) is 0 Å². The van der Waals surface area contributed by atoms with Crippen molar-refractivity contribution in [3.8, 4) is 0 Å². The zero-order valence-corrected chi connectivity index (χ0v) is 16.0. The van der Waals surface area contributed by atoms with E-state index in [4.69, 9.17) is 11.6 Å². The molecule has 0 spiro atoms. The van der Waals surface area contributed by atoms with E-state index in [1.165, 1.54) is 6.42 Å². The molecular formula is C18H29ClNO3P. The normalized spacial score (nSPS) is 21.2. The molecule has 1 aromatic rings. The van der Waals surface area contributed by atoms with Crippen LogP contribution in [0.4, 0.5) is 0 Å². The van der Waals surface area contributed by atoms with Gasteiger partial charge >= 0.3 is 0 Å². The molecule has 1 aliphatic carbocycles. The Morgan fingerprint density at radius 3 is 2.71 bits per heavy atom. The molecule has 0 aliphatic heterocycles. The summed E-state index contributed by atoms with van der Waals surface area (Å²) in [7, 11) is -3.27. The van der Waals surface area contributed by atoms with Crippen LogP contribution in [0.2, 0.25) is 5.02 Å². The van der Waals surface area contributed by atoms with Gasteiger partial charge in [0.1, 0.15) is 0 Å². The maximum Gasteiger partial charge on any atom is 0.203 e. The minimum atomic E-state index is -3.27. The summed E-state index contributed by atoms with van der Waals surface area (Å²) in [4.78, 5) is 10.2. The lowest BCUT2D eigenvalue weighted by Crippen LogP contribution is -2.32. The number of halogens is 1. The minimum absolute atomic E-state index is 0.0229. The van der Waals surface area contributed by atoms with Crippen LogP contribution >= 0.6 is 19.0 Å². The van der Waals surface area contributed by atoms with Gasteiger partial charge in [-0.25, -0.2) is 0 Å². The van der Waals surface area contributed by atoms with Crippen LogP contribution in [-0.2, 0) is 4.57 Å². The quantitative estimate of drug-likeness (QED) is 0.597. The molecule has 3 unspecified atom stereocenters. The van der Waals surface area contributed by atoms with E-state index in [9.17, 15) is 14.6 Å². The van der Waals surface area contributed by atoms with E-state index in [-0.39, 0.29) is 12.2 Å². The summed E-state index contributed by atoms with van der Waals surface area (Å²) in [5.41, 5.74) is 1.03. The predicted octanol–water partition coefficient (Wildman–Crippen LogP) is 4.20. The molecule has 2 rings (SSSR count). The van der Waals surface area contributed by atoms with Crippen LogP contribution in [0.5, 0.6) is 0 Å². The topological polar surface area (TPSA) is 69.6 Å². The highest BCUT2D eigenvalue weighted by Gasteiger charge is 2.28. The van der Waals surface area contributed by atoms with E-state index in [0.29, 0.717) is 23.6 Å². The number of nitrogens with one attached hydrogen (secondary N) is 1. The van der Waals surface area contributed by atoms with Gasteiger partial charge in [-0.1, -0.05) is 43.0 Å². The lowest BCUT2D eigenvalue weighted by atomic mass is 9.91. The third-order valence-corrected chi connectivity index (χ3v) is 7.09. The fourth-order valence-corrected chi connectivity index (χ4v) is 5.76. The zero-order valence-electron chi connectivity index (χ0n) is 14.3. The van der Waals surface area contributed by atoms with Crippen molar-refractivity contribution in [1.82, 2.24) is 5.32 Å². The van der Waals surface area contributed by atoms with Crippen LogP contribution < -0.4 is 5.32 Å². The fourth-order valence-electron chi connectivity index (χ4n) is 3.45. The summed E-state index contributed by atoms with van der Waals surface area (Å²) in [6, 6.07) is 7.58. The van der Waals surface area contributed by atoms with E-state index in [1.807, 2.05) is 31.2 Å². The van der Waals surface area contributed by atoms with Crippen molar-refractivity contribution in [2.75, 3.05) is 18.9 Å². The molecule has 136 valence electrons. The van der Waals surface area contributed by atoms with Gasteiger partial charge in [-0.2, -0.15) is 0 Å². The Morgan fingerprint density at radius 2 is 2.04 bits per heavy atom. The molecule has 4 nitrogen and oxygen atoms in total. The van der Waals surface area contributed by atoms with Crippen LogP contribution in [0.3, 0.4) is 0 Å². The summed E-state index contributed by atoms with van der Waals surface area (Å²) in [5.74, 6) is 0.347. The fraction of sp³-hybridized carbons (Fsp3) is 0.667. The van der Waals surface area contributed by atoms with Crippen molar-refractivity contribution >= 4 is 19.0 Å².